The van der Waals surface area contributed by atoms with Gasteiger partial charge in [0.05, 0.1) is 12.4 Å². The highest BCUT2D eigenvalue weighted by atomic mass is 32.2. The van der Waals surface area contributed by atoms with Crippen LogP contribution in [0.15, 0.2) is 24.3 Å². The monoisotopic (exact) mass is 343 g/mol. The number of sulfone groups is 1. The molecule has 0 heterocycles. The molecular formula is C15H21NO6S. The normalized spacial score (nSPS) is 12.4. The maximum absolute atomic E-state index is 12.1. The molecule has 23 heavy (non-hydrogen) atoms. The summed E-state index contributed by atoms with van der Waals surface area (Å²) in [7, 11) is -3.29. The minimum atomic E-state index is -3.29. The Labute approximate surface area is 135 Å². The largest absolute Gasteiger partial charge is 0.494 e. The number of carbonyl (C=O) groups excluding carboxylic acids is 1. The number of benzene rings is 1. The Kier molecular flexibility index (Phi) is 7.02. The minimum Gasteiger partial charge on any atom is -0.494 e. The summed E-state index contributed by atoms with van der Waals surface area (Å²) in [5.74, 6) is -1.59. The topological polar surface area (TPSA) is 110 Å². The molecule has 0 spiro atoms. The number of hydrogen-bond donors (Lipinski definition) is 2. The molecule has 0 aliphatic carbocycles. The quantitative estimate of drug-likeness (QED) is 0.694. The van der Waals surface area contributed by atoms with Gasteiger partial charge in [-0.05, 0) is 37.6 Å². The van der Waals surface area contributed by atoms with E-state index in [0.717, 1.165) is 0 Å². The van der Waals surface area contributed by atoms with E-state index in [-0.39, 0.29) is 23.5 Å². The van der Waals surface area contributed by atoms with Crippen molar-refractivity contribution in [2.75, 3.05) is 18.1 Å². The van der Waals surface area contributed by atoms with E-state index >= 15 is 0 Å². The number of carboxylic acid groups (broad SMARTS) is 1. The summed E-state index contributed by atoms with van der Waals surface area (Å²) in [6, 6.07) is 4.99. The van der Waals surface area contributed by atoms with Gasteiger partial charge in [-0.15, -0.1) is 0 Å². The first-order valence-corrected chi connectivity index (χ1v) is 9.08. The summed E-state index contributed by atoms with van der Waals surface area (Å²) < 4.78 is 28.2. The number of amides is 1. The van der Waals surface area contributed by atoms with E-state index in [2.05, 4.69) is 5.32 Å². The van der Waals surface area contributed by atoms with Gasteiger partial charge < -0.3 is 15.2 Å². The van der Waals surface area contributed by atoms with Gasteiger partial charge in [-0.25, -0.2) is 13.2 Å². The molecule has 0 aromatic heterocycles. The molecule has 1 aromatic rings. The number of rotatable bonds is 9. The molecule has 0 saturated carbocycles. The lowest BCUT2D eigenvalue weighted by molar-refractivity contribution is -0.139. The fourth-order valence-electron chi connectivity index (χ4n) is 1.81. The van der Waals surface area contributed by atoms with Crippen molar-refractivity contribution < 1.29 is 27.9 Å². The Balaban J connectivity index is 2.72. The lowest BCUT2D eigenvalue weighted by Gasteiger charge is -2.14. The Bertz CT molecular complexity index is 638. The second-order valence-electron chi connectivity index (χ2n) is 4.85. The van der Waals surface area contributed by atoms with Crippen LogP contribution in [0.3, 0.4) is 0 Å². The molecule has 1 rings (SSSR count). The molecule has 0 saturated heterocycles. The Morgan fingerprint density at radius 1 is 1.22 bits per heavy atom. The van der Waals surface area contributed by atoms with Crippen LogP contribution in [-0.2, 0) is 14.6 Å². The summed E-state index contributed by atoms with van der Waals surface area (Å²) in [6.07, 6.45) is -0.172. The molecule has 1 atom stereocenters. The van der Waals surface area contributed by atoms with Gasteiger partial charge in [0.2, 0.25) is 0 Å². The number of aliphatic carboxylic acids is 1. The third-order valence-electron chi connectivity index (χ3n) is 3.19. The van der Waals surface area contributed by atoms with Crippen LogP contribution in [0.5, 0.6) is 5.75 Å². The Morgan fingerprint density at radius 3 is 2.30 bits per heavy atom. The minimum absolute atomic E-state index is 0.0633. The fraction of sp³-hybridized carbons (Fsp3) is 0.467. The molecule has 7 nitrogen and oxygen atoms in total. The van der Waals surface area contributed by atoms with E-state index in [0.29, 0.717) is 12.4 Å². The van der Waals surface area contributed by atoms with Gasteiger partial charge in [0.1, 0.15) is 21.6 Å². The van der Waals surface area contributed by atoms with Crippen molar-refractivity contribution in [2.24, 2.45) is 0 Å². The molecule has 1 unspecified atom stereocenters. The molecule has 2 N–H and O–H groups in total. The summed E-state index contributed by atoms with van der Waals surface area (Å²) in [5, 5.41) is 11.5. The fourth-order valence-corrected chi connectivity index (χ4v) is 2.69. The summed E-state index contributed by atoms with van der Waals surface area (Å²) in [4.78, 5) is 23.2. The van der Waals surface area contributed by atoms with Crippen LogP contribution in [-0.4, -0.2) is 49.6 Å². The average Bonchev–Trinajstić information content (AvgIpc) is 2.52. The van der Waals surface area contributed by atoms with Gasteiger partial charge in [-0.1, -0.05) is 6.92 Å². The van der Waals surface area contributed by atoms with Crippen LogP contribution in [0.1, 0.15) is 30.6 Å². The molecule has 0 aliphatic heterocycles. The van der Waals surface area contributed by atoms with Crippen molar-refractivity contribution in [3.05, 3.63) is 29.8 Å². The zero-order valence-corrected chi connectivity index (χ0v) is 13.9. The maximum atomic E-state index is 12.1. The van der Waals surface area contributed by atoms with Crippen molar-refractivity contribution in [1.29, 1.82) is 0 Å². The highest BCUT2D eigenvalue weighted by Crippen LogP contribution is 2.12. The summed E-state index contributed by atoms with van der Waals surface area (Å²) >= 11 is 0. The molecule has 128 valence electrons. The summed E-state index contributed by atoms with van der Waals surface area (Å²) in [5.41, 5.74) is 0.276. The average molecular weight is 343 g/mol. The van der Waals surface area contributed by atoms with Gasteiger partial charge >= 0.3 is 5.97 Å². The van der Waals surface area contributed by atoms with E-state index in [1.165, 1.54) is 19.1 Å². The van der Waals surface area contributed by atoms with Crippen molar-refractivity contribution in [1.82, 2.24) is 5.32 Å². The second kappa shape index (κ2) is 8.52. The van der Waals surface area contributed by atoms with Crippen LogP contribution in [0.2, 0.25) is 0 Å². The first-order chi connectivity index (χ1) is 10.8. The van der Waals surface area contributed by atoms with Crippen LogP contribution in [0, 0.1) is 0 Å². The number of carbonyl (C=O) groups is 2. The number of ether oxygens (including phenoxy) is 1. The van der Waals surface area contributed by atoms with Crippen molar-refractivity contribution >= 4 is 21.7 Å². The van der Waals surface area contributed by atoms with Crippen LogP contribution >= 0.6 is 0 Å². The maximum Gasteiger partial charge on any atom is 0.326 e. The molecule has 0 fully saturated rings. The van der Waals surface area contributed by atoms with E-state index in [4.69, 9.17) is 9.84 Å². The molecule has 0 bridgehead atoms. The van der Waals surface area contributed by atoms with Gasteiger partial charge in [0.15, 0.2) is 0 Å². The third-order valence-corrected chi connectivity index (χ3v) is 4.93. The predicted octanol–water partition coefficient (Wildman–Crippen LogP) is 1.09. The van der Waals surface area contributed by atoms with Gasteiger partial charge in [0, 0.05) is 11.3 Å². The standard InChI is InChI=1S/C15H21NO6S/c1-3-22-12-7-5-11(6-8-12)14(17)16-13(15(18)19)9-10-23(20,21)4-2/h5-8,13H,3-4,9-10H2,1-2H3,(H,16,17)(H,18,19). The van der Waals surface area contributed by atoms with E-state index in [1.54, 1.807) is 12.1 Å². The number of carboxylic acids is 1. The zero-order chi connectivity index (χ0) is 17.5. The van der Waals surface area contributed by atoms with Crippen molar-refractivity contribution in [3.63, 3.8) is 0 Å². The lowest BCUT2D eigenvalue weighted by Crippen LogP contribution is -2.42. The first kappa shape index (κ1) is 19.0. The van der Waals surface area contributed by atoms with Gasteiger partial charge in [-0.3, -0.25) is 4.79 Å². The third kappa shape index (κ3) is 6.27. The van der Waals surface area contributed by atoms with E-state index < -0.39 is 27.8 Å². The second-order valence-corrected chi connectivity index (χ2v) is 7.32. The molecule has 0 radical (unpaired) electrons. The lowest BCUT2D eigenvalue weighted by atomic mass is 10.1. The van der Waals surface area contributed by atoms with Gasteiger partial charge in [-0.2, -0.15) is 0 Å². The van der Waals surface area contributed by atoms with Crippen LogP contribution in [0.25, 0.3) is 0 Å². The Hall–Kier alpha value is -2.09. The van der Waals surface area contributed by atoms with Crippen molar-refractivity contribution in [3.8, 4) is 5.75 Å². The first-order valence-electron chi connectivity index (χ1n) is 7.26. The highest BCUT2D eigenvalue weighted by molar-refractivity contribution is 7.91. The Morgan fingerprint density at radius 2 is 1.83 bits per heavy atom. The van der Waals surface area contributed by atoms with Crippen molar-refractivity contribution in [2.45, 2.75) is 26.3 Å². The molecule has 8 heteroatoms. The molecular weight excluding hydrogens is 322 g/mol. The van der Waals surface area contributed by atoms with Gasteiger partial charge in [0.25, 0.3) is 5.91 Å². The van der Waals surface area contributed by atoms with E-state index in [9.17, 15) is 18.0 Å². The zero-order valence-electron chi connectivity index (χ0n) is 13.1. The highest BCUT2D eigenvalue weighted by Gasteiger charge is 2.23. The van der Waals surface area contributed by atoms with Crippen LogP contribution in [0.4, 0.5) is 0 Å². The molecule has 0 aliphatic rings. The number of hydrogen-bond acceptors (Lipinski definition) is 5. The smallest absolute Gasteiger partial charge is 0.326 e. The molecule has 1 amide bonds. The SMILES string of the molecule is CCOc1ccc(C(=O)NC(CCS(=O)(=O)CC)C(=O)O)cc1. The predicted molar refractivity (Wildman–Crippen MR) is 85.4 cm³/mol. The summed E-state index contributed by atoms with van der Waals surface area (Å²) in [6.45, 7) is 3.82. The van der Waals surface area contributed by atoms with E-state index in [1.807, 2.05) is 6.92 Å². The number of nitrogens with one attached hydrogen (secondary N) is 1. The molecule has 1 aromatic carbocycles. The van der Waals surface area contributed by atoms with Crippen LogP contribution < -0.4 is 10.1 Å².